The minimum Gasteiger partial charge on any atom is -0.394 e. The van der Waals surface area contributed by atoms with Gasteiger partial charge in [0.25, 0.3) is 0 Å². The summed E-state index contributed by atoms with van der Waals surface area (Å²) in [6, 6.07) is 3.56. The molecular weight excluding hydrogens is 180 g/mol. The fourth-order valence-electron chi connectivity index (χ4n) is 1.23. The predicted octanol–water partition coefficient (Wildman–Crippen LogP) is 0.285. The van der Waals surface area contributed by atoms with E-state index in [4.69, 9.17) is 10.4 Å². The minimum atomic E-state index is -0.207. The van der Waals surface area contributed by atoms with Crippen LogP contribution in [0.25, 0.3) is 0 Å². The molecule has 0 amide bonds. The van der Waals surface area contributed by atoms with Crippen LogP contribution in [0.2, 0.25) is 0 Å². The first kappa shape index (κ1) is 8.91. The Morgan fingerprint density at radius 1 is 1.64 bits per heavy atom. The van der Waals surface area contributed by atoms with E-state index in [1.807, 2.05) is 6.07 Å². The van der Waals surface area contributed by atoms with Crippen molar-refractivity contribution in [3.63, 3.8) is 0 Å². The number of nitrogens with one attached hydrogen (secondary N) is 1. The Hall–Kier alpha value is -1.67. The van der Waals surface area contributed by atoms with E-state index in [0.29, 0.717) is 5.82 Å². The van der Waals surface area contributed by atoms with Crippen LogP contribution in [0.5, 0.6) is 0 Å². The van der Waals surface area contributed by atoms with Crippen LogP contribution in [0.1, 0.15) is 18.7 Å². The Morgan fingerprint density at radius 3 is 3.00 bits per heavy atom. The number of aliphatic hydroxyl groups excluding tert-OH is 1. The summed E-state index contributed by atoms with van der Waals surface area (Å²) >= 11 is 0. The van der Waals surface area contributed by atoms with Crippen LogP contribution in [-0.4, -0.2) is 27.2 Å². The van der Waals surface area contributed by atoms with Gasteiger partial charge in [-0.3, -0.25) is 0 Å². The summed E-state index contributed by atoms with van der Waals surface area (Å²) in [5, 5.41) is 20.8. The SMILES string of the molecule is N#Cc1nccc(NC2(CO)CC2)n1. The normalized spacial score (nSPS) is 17.1. The van der Waals surface area contributed by atoms with E-state index in [2.05, 4.69) is 15.3 Å². The highest BCUT2D eigenvalue weighted by Gasteiger charge is 2.42. The molecule has 0 radical (unpaired) electrons. The first-order valence-electron chi connectivity index (χ1n) is 4.40. The van der Waals surface area contributed by atoms with E-state index in [1.165, 1.54) is 6.20 Å². The molecular formula is C9H10N4O. The molecule has 1 heterocycles. The zero-order valence-electron chi connectivity index (χ0n) is 7.56. The van der Waals surface area contributed by atoms with Crippen LogP contribution in [-0.2, 0) is 0 Å². The number of anilines is 1. The maximum absolute atomic E-state index is 9.07. The summed E-state index contributed by atoms with van der Waals surface area (Å²) in [6.45, 7) is 0.0961. The number of aliphatic hydroxyl groups is 1. The third-order valence-electron chi connectivity index (χ3n) is 2.31. The molecule has 1 aromatic rings. The van der Waals surface area contributed by atoms with Gasteiger partial charge in [0.2, 0.25) is 5.82 Å². The molecule has 0 spiro atoms. The van der Waals surface area contributed by atoms with E-state index >= 15 is 0 Å². The number of hydrogen-bond donors (Lipinski definition) is 2. The number of aromatic nitrogens is 2. The highest BCUT2D eigenvalue weighted by atomic mass is 16.3. The largest absolute Gasteiger partial charge is 0.394 e. The van der Waals surface area contributed by atoms with Crippen LogP contribution in [0.15, 0.2) is 12.3 Å². The summed E-state index contributed by atoms with van der Waals surface area (Å²) in [5.74, 6) is 0.742. The lowest BCUT2D eigenvalue weighted by Crippen LogP contribution is -2.26. The Labute approximate surface area is 81.4 Å². The van der Waals surface area contributed by atoms with E-state index in [1.54, 1.807) is 6.07 Å². The summed E-state index contributed by atoms with van der Waals surface area (Å²) < 4.78 is 0. The molecule has 0 aliphatic heterocycles. The number of hydrogen-bond acceptors (Lipinski definition) is 5. The lowest BCUT2D eigenvalue weighted by molar-refractivity contribution is 0.266. The highest BCUT2D eigenvalue weighted by Crippen LogP contribution is 2.37. The van der Waals surface area contributed by atoms with Crippen molar-refractivity contribution in [3.8, 4) is 6.07 Å². The molecule has 0 saturated heterocycles. The van der Waals surface area contributed by atoms with E-state index in [0.717, 1.165) is 12.8 Å². The van der Waals surface area contributed by atoms with E-state index < -0.39 is 0 Å². The monoisotopic (exact) mass is 190 g/mol. The van der Waals surface area contributed by atoms with Gasteiger partial charge in [0, 0.05) is 6.20 Å². The van der Waals surface area contributed by atoms with Crippen molar-refractivity contribution in [2.45, 2.75) is 18.4 Å². The summed E-state index contributed by atoms with van der Waals surface area (Å²) in [5.41, 5.74) is -0.207. The van der Waals surface area contributed by atoms with Crippen LogP contribution in [0.3, 0.4) is 0 Å². The molecule has 1 aliphatic rings. The second-order valence-electron chi connectivity index (χ2n) is 3.44. The van der Waals surface area contributed by atoms with Gasteiger partial charge in [-0.1, -0.05) is 0 Å². The predicted molar refractivity (Wildman–Crippen MR) is 49.4 cm³/mol. The topological polar surface area (TPSA) is 81.8 Å². The van der Waals surface area contributed by atoms with Gasteiger partial charge < -0.3 is 10.4 Å². The van der Waals surface area contributed by atoms with Crippen molar-refractivity contribution in [3.05, 3.63) is 18.1 Å². The lowest BCUT2D eigenvalue weighted by atomic mass is 10.3. The van der Waals surface area contributed by atoms with Crippen molar-refractivity contribution in [1.82, 2.24) is 9.97 Å². The third-order valence-corrected chi connectivity index (χ3v) is 2.31. The van der Waals surface area contributed by atoms with Gasteiger partial charge in [0.15, 0.2) is 0 Å². The van der Waals surface area contributed by atoms with E-state index in [-0.39, 0.29) is 18.0 Å². The van der Waals surface area contributed by atoms with Crippen LogP contribution >= 0.6 is 0 Å². The first-order valence-corrected chi connectivity index (χ1v) is 4.40. The van der Waals surface area contributed by atoms with Crippen molar-refractivity contribution in [1.29, 1.82) is 5.26 Å². The molecule has 1 aromatic heterocycles. The lowest BCUT2D eigenvalue weighted by Gasteiger charge is -2.14. The third kappa shape index (κ3) is 1.65. The maximum Gasteiger partial charge on any atom is 0.234 e. The van der Waals surface area contributed by atoms with Gasteiger partial charge in [-0.2, -0.15) is 5.26 Å². The van der Waals surface area contributed by atoms with Crippen molar-refractivity contribution in [2.75, 3.05) is 11.9 Å². The van der Waals surface area contributed by atoms with Crippen LogP contribution in [0.4, 0.5) is 5.82 Å². The quantitative estimate of drug-likeness (QED) is 0.715. The second kappa shape index (κ2) is 3.24. The summed E-state index contributed by atoms with van der Waals surface area (Å²) in [6.07, 6.45) is 3.41. The Kier molecular flexibility index (Phi) is 2.06. The van der Waals surface area contributed by atoms with Crippen molar-refractivity contribution in [2.24, 2.45) is 0 Å². The summed E-state index contributed by atoms with van der Waals surface area (Å²) in [4.78, 5) is 7.73. The molecule has 0 atom stereocenters. The Bertz CT molecular complexity index is 381. The van der Waals surface area contributed by atoms with E-state index in [9.17, 15) is 0 Å². The Morgan fingerprint density at radius 2 is 2.43 bits per heavy atom. The molecule has 5 heteroatoms. The second-order valence-corrected chi connectivity index (χ2v) is 3.44. The first-order chi connectivity index (χ1) is 6.78. The minimum absolute atomic E-state index is 0.0961. The molecule has 0 bridgehead atoms. The van der Waals surface area contributed by atoms with Gasteiger partial charge in [0.1, 0.15) is 11.9 Å². The zero-order valence-corrected chi connectivity index (χ0v) is 7.56. The van der Waals surface area contributed by atoms with Gasteiger partial charge in [-0.25, -0.2) is 9.97 Å². The van der Waals surface area contributed by atoms with Crippen LogP contribution < -0.4 is 5.32 Å². The number of nitriles is 1. The highest BCUT2D eigenvalue weighted by molar-refractivity contribution is 5.40. The molecule has 0 aromatic carbocycles. The van der Waals surface area contributed by atoms with Crippen molar-refractivity contribution < 1.29 is 5.11 Å². The van der Waals surface area contributed by atoms with Gasteiger partial charge >= 0.3 is 0 Å². The molecule has 2 rings (SSSR count). The fraction of sp³-hybridized carbons (Fsp3) is 0.444. The zero-order chi connectivity index (χ0) is 10.0. The van der Waals surface area contributed by atoms with Gasteiger partial charge in [0.05, 0.1) is 12.1 Å². The molecule has 1 saturated carbocycles. The average molecular weight is 190 g/mol. The average Bonchev–Trinajstić information content (AvgIpc) is 2.99. The molecule has 0 unspecified atom stereocenters. The van der Waals surface area contributed by atoms with Gasteiger partial charge in [-0.15, -0.1) is 0 Å². The molecule has 1 aliphatic carbocycles. The molecule has 72 valence electrons. The summed E-state index contributed by atoms with van der Waals surface area (Å²) in [7, 11) is 0. The standard InChI is InChI=1S/C9H10N4O/c10-5-8-11-4-1-7(12-8)13-9(6-14)2-3-9/h1,4,14H,2-3,6H2,(H,11,12,13). The van der Waals surface area contributed by atoms with Gasteiger partial charge in [-0.05, 0) is 18.9 Å². The maximum atomic E-state index is 9.07. The molecule has 2 N–H and O–H groups in total. The molecule has 1 fully saturated rings. The van der Waals surface area contributed by atoms with Crippen molar-refractivity contribution >= 4 is 5.82 Å². The Balaban J connectivity index is 2.14. The number of nitrogens with zero attached hydrogens (tertiary/aromatic N) is 3. The fourth-order valence-corrected chi connectivity index (χ4v) is 1.23. The van der Waals surface area contributed by atoms with Crippen LogP contribution in [0, 0.1) is 11.3 Å². The number of rotatable bonds is 3. The smallest absolute Gasteiger partial charge is 0.234 e. The molecule has 5 nitrogen and oxygen atoms in total. The molecule has 14 heavy (non-hydrogen) atoms.